The number of aromatic nitrogens is 1. The lowest BCUT2D eigenvalue weighted by atomic mass is 9.96. The van der Waals surface area contributed by atoms with E-state index in [-0.39, 0.29) is 5.91 Å². The Hall–Kier alpha value is -1.63. The summed E-state index contributed by atoms with van der Waals surface area (Å²) < 4.78 is 0. The molecule has 5 nitrogen and oxygen atoms in total. The van der Waals surface area contributed by atoms with Crippen molar-refractivity contribution in [2.45, 2.75) is 44.7 Å². The van der Waals surface area contributed by atoms with Crippen molar-refractivity contribution in [1.82, 2.24) is 4.98 Å². The molecule has 4 N–H and O–H groups in total. The number of thiazole rings is 1. The molecular formula is C17H21ClN4OS. The van der Waals surface area contributed by atoms with Gasteiger partial charge in [-0.1, -0.05) is 54.3 Å². The molecule has 0 saturated heterocycles. The lowest BCUT2D eigenvalue weighted by Gasteiger charge is -2.22. The van der Waals surface area contributed by atoms with Crippen LogP contribution in [0.1, 0.15) is 47.3 Å². The third-order valence-electron chi connectivity index (χ3n) is 4.22. The molecule has 1 aromatic heterocycles. The number of halogens is 1. The Morgan fingerprint density at radius 1 is 1.33 bits per heavy atom. The predicted molar refractivity (Wildman–Crippen MR) is 99.9 cm³/mol. The van der Waals surface area contributed by atoms with Crippen LogP contribution in [0.2, 0.25) is 5.02 Å². The minimum absolute atomic E-state index is 0.216. The monoisotopic (exact) mass is 364 g/mol. The van der Waals surface area contributed by atoms with Gasteiger partial charge in [0.15, 0.2) is 5.13 Å². The highest BCUT2D eigenvalue weighted by Crippen LogP contribution is 2.28. The topological polar surface area (TPSA) is 80.0 Å². The van der Waals surface area contributed by atoms with Gasteiger partial charge < -0.3 is 16.4 Å². The van der Waals surface area contributed by atoms with Crippen molar-refractivity contribution in [1.29, 1.82) is 0 Å². The number of nitrogens with one attached hydrogen (secondary N) is 2. The van der Waals surface area contributed by atoms with Crippen molar-refractivity contribution in [2.24, 2.45) is 5.73 Å². The molecule has 1 amide bonds. The molecule has 0 unspecified atom stereocenters. The van der Waals surface area contributed by atoms with Gasteiger partial charge in [-0.15, -0.1) is 0 Å². The fourth-order valence-electron chi connectivity index (χ4n) is 2.92. The Bertz CT molecular complexity index is 712. The van der Waals surface area contributed by atoms with E-state index in [1.807, 2.05) is 12.1 Å². The number of rotatable bonds is 5. The molecule has 3 rings (SSSR count). The number of nitrogens with two attached hydrogens (primary N) is 1. The summed E-state index contributed by atoms with van der Waals surface area (Å²) in [6.07, 6.45) is 7.76. The van der Waals surface area contributed by atoms with Crippen molar-refractivity contribution in [2.75, 3.05) is 10.6 Å². The third-order valence-corrected chi connectivity index (χ3v) is 5.46. The molecule has 1 aliphatic carbocycles. The maximum absolute atomic E-state index is 12.5. The van der Waals surface area contributed by atoms with Gasteiger partial charge in [-0.05, 0) is 24.5 Å². The Balaban J connectivity index is 1.68. The molecule has 0 aliphatic heterocycles. The summed E-state index contributed by atoms with van der Waals surface area (Å²) in [5, 5.41) is 7.57. The van der Waals surface area contributed by atoms with Gasteiger partial charge in [-0.3, -0.25) is 4.79 Å². The minimum atomic E-state index is -0.216. The van der Waals surface area contributed by atoms with Crippen molar-refractivity contribution < 1.29 is 4.79 Å². The Kier molecular flexibility index (Phi) is 5.71. The summed E-state index contributed by atoms with van der Waals surface area (Å²) in [5.41, 5.74) is 7.09. The normalized spacial score (nSPS) is 15.2. The van der Waals surface area contributed by atoms with Crippen LogP contribution in [0.5, 0.6) is 0 Å². The molecule has 128 valence electrons. The third kappa shape index (κ3) is 4.06. The van der Waals surface area contributed by atoms with Gasteiger partial charge in [0, 0.05) is 12.6 Å². The van der Waals surface area contributed by atoms with Crippen LogP contribution in [0, 0.1) is 0 Å². The number of carbonyl (C=O) groups is 1. The van der Waals surface area contributed by atoms with E-state index in [2.05, 4.69) is 15.6 Å². The van der Waals surface area contributed by atoms with E-state index in [1.54, 1.807) is 12.3 Å². The van der Waals surface area contributed by atoms with Crippen LogP contribution in [-0.4, -0.2) is 16.9 Å². The van der Waals surface area contributed by atoms with E-state index in [0.29, 0.717) is 28.2 Å². The van der Waals surface area contributed by atoms with Crippen LogP contribution in [0.25, 0.3) is 0 Å². The number of amides is 1. The standard InChI is InChI=1S/C17H21ClN4OS/c18-13-8-4-5-11(9-19)15(13)22-16(23)14-10-20-17(24-14)21-12-6-2-1-3-7-12/h4-5,8,10,12H,1-3,6-7,9,19H2,(H,20,21)(H,22,23). The van der Waals surface area contributed by atoms with Crippen molar-refractivity contribution in [3.8, 4) is 0 Å². The average Bonchev–Trinajstić information content (AvgIpc) is 3.06. The first-order chi connectivity index (χ1) is 11.7. The fourth-order valence-corrected chi connectivity index (χ4v) is 3.95. The lowest BCUT2D eigenvalue weighted by Crippen LogP contribution is -2.21. The summed E-state index contributed by atoms with van der Waals surface area (Å²) in [6.45, 7) is 0.313. The largest absolute Gasteiger partial charge is 0.359 e. The van der Waals surface area contributed by atoms with Crippen LogP contribution >= 0.6 is 22.9 Å². The van der Waals surface area contributed by atoms with Gasteiger partial charge in [0.2, 0.25) is 0 Å². The number of carbonyl (C=O) groups excluding carboxylic acids is 1. The molecule has 24 heavy (non-hydrogen) atoms. The minimum Gasteiger partial charge on any atom is -0.359 e. The molecule has 0 spiro atoms. The quantitative estimate of drug-likeness (QED) is 0.740. The van der Waals surface area contributed by atoms with Crippen LogP contribution in [-0.2, 0) is 6.54 Å². The maximum atomic E-state index is 12.5. The van der Waals surface area contributed by atoms with Crippen molar-refractivity contribution >= 4 is 39.7 Å². The van der Waals surface area contributed by atoms with E-state index in [1.165, 1.54) is 43.4 Å². The molecular weight excluding hydrogens is 344 g/mol. The highest BCUT2D eigenvalue weighted by molar-refractivity contribution is 7.17. The summed E-state index contributed by atoms with van der Waals surface area (Å²) in [6, 6.07) is 5.87. The highest BCUT2D eigenvalue weighted by atomic mass is 35.5. The van der Waals surface area contributed by atoms with Crippen molar-refractivity contribution in [3.63, 3.8) is 0 Å². The molecule has 2 aromatic rings. The van der Waals surface area contributed by atoms with Crippen LogP contribution in [0.3, 0.4) is 0 Å². The van der Waals surface area contributed by atoms with Crippen molar-refractivity contribution in [3.05, 3.63) is 39.9 Å². The first-order valence-electron chi connectivity index (χ1n) is 8.18. The van der Waals surface area contributed by atoms with Crippen LogP contribution in [0.4, 0.5) is 10.8 Å². The SMILES string of the molecule is NCc1cccc(Cl)c1NC(=O)c1cnc(NC2CCCCC2)s1. The smallest absolute Gasteiger partial charge is 0.267 e. The average molecular weight is 365 g/mol. The van der Waals surface area contributed by atoms with Crippen LogP contribution < -0.4 is 16.4 Å². The second-order valence-electron chi connectivity index (χ2n) is 5.94. The van der Waals surface area contributed by atoms with Gasteiger partial charge in [-0.2, -0.15) is 0 Å². The van der Waals surface area contributed by atoms with Crippen LogP contribution in [0.15, 0.2) is 24.4 Å². The summed E-state index contributed by atoms with van der Waals surface area (Å²) in [5.74, 6) is -0.216. The Labute approximate surface area is 150 Å². The lowest BCUT2D eigenvalue weighted by molar-refractivity contribution is 0.103. The number of nitrogens with zero attached hydrogens (tertiary/aromatic N) is 1. The molecule has 1 aromatic carbocycles. The summed E-state index contributed by atoms with van der Waals surface area (Å²) in [4.78, 5) is 17.4. The molecule has 1 saturated carbocycles. The molecule has 0 radical (unpaired) electrons. The van der Waals surface area contributed by atoms with E-state index in [0.717, 1.165) is 10.7 Å². The van der Waals surface area contributed by atoms with E-state index in [9.17, 15) is 4.79 Å². The second-order valence-corrected chi connectivity index (χ2v) is 7.38. The Morgan fingerprint density at radius 3 is 2.88 bits per heavy atom. The van der Waals surface area contributed by atoms with E-state index >= 15 is 0 Å². The molecule has 1 aliphatic rings. The molecule has 1 heterocycles. The molecule has 1 fully saturated rings. The Morgan fingerprint density at radius 2 is 2.12 bits per heavy atom. The zero-order chi connectivity index (χ0) is 16.9. The maximum Gasteiger partial charge on any atom is 0.267 e. The number of hydrogen-bond acceptors (Lipinski definition) is 5. The summed E-state index contributed by atoms with van der Waals surface area (Å²) in [7, 11) is 0. The van der Waals surface area contributed by atoms with Gasteiger partial charge in [-0.25, -0.2) is 4.98 Å². The molecule has 0 bridgehead atoms. The van der Waals surface area contributed by atoms with Gasteiger partial charge in [0.05, 0.1) is 16.9 Å². The van der Waals surface area contributed by atoms with Gasteiger partial charge >= 0.3 is 0 Å². The molecule has 7 heteroatoms. The number of benzene rings is 1. The van der Waals surface area contributed by atoms with Gasteiger partial charge in [0.25, 0.3) is 5.91 Å². The summed E-state index contributed by atoms with van der Waals surface area (Å²) >= 11 is 7.54. The first-order valence-corrected chi connectivity index (χ1v) is 9.38. The van der Waals surface area contributed by atoms with E-state index in [4.69, 9.17) is 17.3 Å². The first kappa shape index (κ1) is 17.2. The highest BCUT2D eigenvalue weighted by Gasteiger charge is 2.17. The fraction of sp³-hybridized carbons (Fsp3) is 0.412. The van der Waals surface area contributed by atoms with Gasteiger partial charge in [0.1, 0.15) is 4.88 Å². The number of para-hydroxylation sites is 1. The number of anilines is 2. The zero-order valence-corrected chi connectivity index (χ0v) is 14.9. The predicted octanol–water partition coefficient (Wildman–Crippen LogP) is 4.25. The van der Waals surface area contributed by atoms with E-state index < -0.39 is 0 Å². The molecule has 0 atom stereocenters. The number of hydrogen-bond donors (Lipinski definition) is 3. The zero-order valence-electron chi connectivity index (χ0n) is 13.3. The second kappa shape index (κ2) is 7.96.